The zero-order chi connectivity index (χ0) is 19.1. The molecule has 2 aliphatic heterocycles. The Labute approximate surface area is 166 Å². The number of hydrogen-bond acceptors (Lipinski definition) is 4. The zero-order valence-electron chi connectivity index (χ0n) is 16.4. The van der Waals surface area contributed by atoms with Gasteiger partial charge in [-0.3, -0.25) is 4.79 Å². The van der Waals surface area contributed by atoms with Gasteiger partial charge in [-0.1, -0.05) is 12.1 Å². The highest BCUT2D eigenvalue weighted by Crippen LogP contribution is 2.36. The Bertz CT molecular complexity index is 655. The van der Waals surface area contributed by atoms with Gasteiger partial charge in [0.15, 0.2) is 5.96 Å². The van der Waals surface area contributed by atoms with Crippen molar-refractivity contribution in [1.82, 2.24) is 16.0 Å². The SMILES string of the molecule is CCNC(=NCc1ccc(N2CCNC(=O)C2)cc1)NCC1(C)CCCS1. The summed E-state index contributed by atoms with van der Waals surface area (Å²) in [4.78, 5) is 18.4. The quantitative estimate of drug-likeness (QED) is 0.513. The number of amides is 1. The van der Waals surface area contributed by atoms with Crippen molar-refractivity contribution in [1.29, 1.82) is 0 Å². The van der Waals surface area contributed by atoms with Crippen molar-refractivity contribution in [3.05, 3.63) is 29.8 Å². The van der Waals surface area contributed by atoms with Crippen molar-refractivity contribution >= 4 is 29.3 Å². The highest BCUT2D eigenvalue weighted by Gasteiger charge is 2.29. The molecule has 148 valence electrons. The summed E-state index contributed by atoms with van der Waals surface area (Å²) in [5, 5.41) is 9.70. The van der Waals surface area contributed by atoms with E-state index in [1.54, 1.807) is 0 Å². The lowest BCUT2D eigenvalue weighted by molar-refractivity contribution is -0.120. The molecule has 3 rings (SSSR count). The first-order valence-electron chi connectivity index (χ1n) is 9.85. The van der Waals surface area contributed by atoms with E-state index in [2.05, 4.69) is 70.7 Å². The van der Waals surface area contributed by atoms with E-state index in [4.69, 9.17) is 4.99 Å². The van der Waals surface area contributed by atoms with E-state index in [1.165, 1.54) is 24.2 Å². The lowest BCUT2D eigenvalue weighted by Crippen LogP contribution is -2.47. The minimum atomic E-state index is 0.0883. The van der Waals surface area contributed by atoms with Crippen molar-refractivity contribution in [2.24, 2.45) is 4.99 Å². The number of hydrogen-bond donors (Lipinski definition) is 3. The van der Waals surface area contributed by atoms with Gasteiger partial charge in [0.25, 0.3) is 0 Å². The number of guanidine groups is 1. The van der Waals surface area contributed by atoms with Crippen molar-refractivity contribution in [3.8, 4) is 0 Å². The van der Waals surface area contributed by atoms with E-state index in [0.717, 1.165) is 31.3 Å². The molecule has 2 aliphatic rings. The molecule has 1 atom stereocenters. The molecule has 27 heavy (non-hydrogen) atoms. The van der Waals surface area contributed by atoms with Gasteiger partial charge < -0.3 is 20.9 Å². The molecule has 2 fully saturated rings. The number of benzene rings is 1. The minimum absolute atomic E-state index is 0.0883. The molecule has 0 radical (unpaired) electrons. The molecular formula is C20H31N5OS. The molecule has 1 aromatic carbocycles. The first kappa shape index (κ1) is 19.9. The van der Waals surface area contributed by atoms with Gasteiger partial charge in [-0.25, -0.2) is 4.99 Å². The van der Waals surface area contributed by atoms with Crippen molar-refractivity contribution in [3.63, 3.8) is 0 Å². The van der Waals surface area contributed by atoms with Crippen molar-refractivity contribution in [2.45, 2.75) is 38.0 Å². The number of nitrogens with one attached hydrogen (secondary N) is 3. The lowest BCUT2D eigenvalue weighted by Gasteiger charge is -2.28. The van der Waals surface area contributed by atoms with Crippen LogP contribution in [0.1, 0.15) is 32.3 Å². The molecule has 0 aliphatic carbocycles. The number of rotatable bonds is 6. The van der Waals surface area contributed by atoms with Crippen molar-refractivity contribution in [2.75, 3.05) is 43.4 Å². The predicted molar refractivity (Wildman–Crippen MR) is 115 cm³/mol. The molecule has 1 aromatic rings. The number of piperazine rings is 1. The van der Waals surface area contributed by atoms with Gasteiger partial charge in [0.05, 0.1) is 13.1 Å². The molecule has 3 N–H and O–H groups in total. The van der Waals surface area contributed by atoms with Crippen LogP contribution in [0.3, 0.4) is 0 Å². The largest absolute Gasteiger partial charge is 0.360 e. The summed E-state index contributed by atoms with van der Waals surface area (Å²) in [5.74, 6) is 2.23. The van der Waals surface area contributed by atoms with Crippen LogP contribution in [-0.2, 0) is 11.3 Å². The Hall–Kier alpha value is -1.89. The summed E-state index contributed by atoms with van der Waals surface area (Å²) < 4.78 is 0.318. The standard InChI is InChI=1S/C20H31N5OS/c1-3-21-19(24-15-20(2)9-4-12-27-20)23-13-16-5-7-17(8-6-16)25-11-10-22-18(26)14-25/h5-8H,3-4,9-15H2,1-2H3,(H,22,26)(H2,21,23,24). The molecule has 0 aromatic heterocycles. The second kappa shape index (κ2) is 9.35. The van der Waals surface area contributed by atoms with E-state index in [0.29, 0.717) is 24.4 Å². The maximum Gasteiger partial charge on any atom is 0.239 e. The highest BCUT2D eigenvalue weighted by molar-refractivity contribution is 8.00. The molecular weight excluding hydrogens is 358 g/mol. The average Bonchev–Trinajstić information content (AvgIpc) is 3.11. The van der Waals surface area contributed by atoms with Gasteiger partial charge in [-0.15, -0.1) is 0 Å². The molecule has 1 unspecified atom stereocenters. The summed E-state index contributed by atoms with van der Waals surface area (Å²) in [6, 6.07) is 8.37. The van der Waals surface area contributed by atoms with Gasteiger partial charge in [-0.2, -0.15) is 11.8 Å². The topological polar surface area (TPSA) is 68.8 Å². The van der Waals surface area contributed by atoms with E-state index in [-0.39, 0.29) is 5.91 Å². The van der Waals surface area contributed by atoms with Gasteiger partial charge in [0.1, 0.15) is 0 Å². The van der Waals surface area contributed by atoms with Crippen LogP contribution in [0, 0.1) is 0 Å². The second-order valence-electron chi connectivity index (χ2n) is 7.39. The van der Waals surface area contributed by atoms with Crippen LogP contribution in [0.15, 0.2) is 29.3 Å². The number of carbonyl (C=O) groups excluding carboxylic acids is 1. The molecule has 0 saturated carbocycles. The third-order valence-electron chi connectivity index (χ3n) is 5.03. The molecule has 0 bridgehead atoms. The van der Waals surface area contributed by atoms with Crippen LogP contribution in [0.25, 0.3) is 0 Å². The third-order valence-corrected chi connectivity index (χ3v) is 6.57. The molecule has 1 amide bonds. The predicted octanol–water partition coefficient (Wildman–Crippen LogP) is 1.96. The van der Waals surface area contributed by atoms with Gasteiger partial charge in [0.2, 0.25) is 5.91 Å². The first-order chi connectivity index (χ1) is 13.1. The van der Waals surface area contributed by atoms with E-state index < -0.39 is 0 Å². The Balaban J connectivity index is 1.56. The molecule has 6 nitrogen and oxygen atoms in total. The Morgan fingerprint density at radius 1 is 1.33 bits per heavy atom. The first-order valence-corrected chi connectivity index (χ1v) is 10.8. The third kappa shape index (κ3) is 5.79. The lowest BCUT2D eigenvalue weighted by atomic mass is 10.1. The Kier molecular flexibility index (Phi) is 6.88. The van der Waals surface area contributed by atoms with Gasteiger partial charge >= 0.3 is 0 Å². The average molecular weight is 390 g/mol. The zero-order valence-corrected chi connectivity index (χ0v) is 17.2. The smallest absolute Gasteiger partial charge is 0.239 e. The number of nitrogens with zero attached hydrogens (tertiary/aromatic N) is 2. The summed E-state index contributed by atoms with van der Waals surface area (Å²) in [7, 11) is 0. The van der Waals surface area contributed by atoms with Crippen LogP contribution in [0.4, 0.5) is 5.69 Å². The van der Waals surface area contributed by atoms with Crippen LogP contribution in [-0.4, -0.2) is 55.1 Å². The van der Waals surface area contributed by atoms with E-state index in [1.807, 2.05) is 0 Å². The molecule has 0 spiro atoms. The van der Waals surface area contributed by atoms with Crippen LogP contribution in [0.5, 0.6) is 0 Å². The van der Waals surface area contributed by atoms with Crippen molar-refractivity contribution < 1.29 is 4.79 Å². The maximum absolute atomic E-state index is 11.5. The monoisotopic (exact) mass is 389 g/mol. The second-order valence-corrected chi connectivity index (χ2v) is 9.07. The minimum Gasteiger partial charge on any atom is -0.360 e. The molecule has 2 heterocycles. The van der Waals surface area contributed by atoms with E-state index >= 15 is 0 Å². The normalized spacial score (nSPS) is 23.3. The maximum atomic E-state index is 11.5. The number of carbonyl (C=O) groups is 1. The van der Waals surface area contributed by atoms with Gasteiger partial charge in [-0.05, 0) is 50.1 Å². The number of anilines is 1. The summed E-state index contributed by atoms with van der Waals surface area (Å²) in [5.41, 5.74) is 2.26. The molecule has 7 heteroatoms. The van der Waals surface area contributed by atoms with Crippen LogP contribution >= 0.6 is 11.8 Å². The number of aliphatic imine (C=N–C) groups is 1. The van der Waals surface area contributed by atoms with Gasteiger partial charge in [0, 0.05) is 36.6 Å². The highest BCUT2D eigenvalue weighted by atomic mass is 32.2. The Morgan fingerprint density at radius 2 is 2.15 bits per heavy atom. The van der Waals surface area contributed by atoms with E-state index in [9.17, 15) is 4.79 Å². The summed E-state index contributed by atoms with van der Waals surface area (Å²) in [6.07, 6.45) is 2.57. The fourth-order valence-electron chi connectivity index (χ4n) is 3.43. The summed E-state index contributed by atoms with van der Waals surface area (Å²) >= 11 is 2.06. The number of thioether (sulfide) groups is 1. The van der Waals surface area contributed by atoms with Crippen LogP contribution < -0.4 is 20.9 Å². The molecule has 2 saturated heterocycles. The fraction of sp³-hybridized carbons (Fsp3) is 0.600. The Morgan fingerprint density at radius 3 is 2.81 bits per heavy atom. The van der Waals surface area contributed by atoms with Crippen LogP contribution in [0.2, 0.25) is 0 Å². The summed E-state index contributed by atoms with van der Waals surface area (Å²) in [6.45, 7) is 8.86. The fourth-order valence-corrected chi connectivity index (χ4v) is 4.67.